The van der Waals surface area contributed by atoms with Crippen LogP contribution in [0.15, 0.2) is 61.1 Å². The molecular formula is C18H13F3N4O4. The van der Waals surface area contributed by atoms with E-state index < -0.39 is 30.6 Å². The predicted molar refractivity (Wildman–Crippen MR) is 93.4 cm³/mol. The first-order valence-electron chi connectivity index (χ1n) is 8.09. The fourth-order valence-corrected chi connectivity index (χ4v) is 2.20. The zero-order valence-electron chi connectivity index (χ0n) is 14.6. The first-order valence-corrected chi connectivity index (χ1v) is 8.09. The smallest absolute Gasteiger partial charge is 0.452 e. The zero-order chi connectivity index (χ0) is 20.9. The zero-order valence-corrected chi connectivity index (χ0v) is 14.6. The largest absolute Gasteiger partial charge is 0.573 e. The van der Waals surface area contributed by atoms with Crippen molar-refractivity contribution in [1.82, 2.24) is 14.8 Å². The summed E-state index contributed by atoms with van der Waals surface area (Å²) in [5, 5.41) is 6.39. The monoisotopic (exact) mass is 406 g/mol. The first-order chi connectivity index (χ1) is 13.8. The number of alkyl halides is 3. The van der Waals surface area contributed by atoms with Gasteiger partial charge >= 0.3 is 12.3 Å². The molecule has 0 aliphatic heterocycles. The summed E-state index contributed by atoms with van der Waals surface area (Å²) in [6, 6.07) is 9.29. The summed E-state index contributed by atoms with van der Waals surface area (Å²) in [6.07, 6.45) is -0.243. The van der Waals surface area contributed by atoms with E-state index in [0.29, 0.717) is 5.82 Å². The van der Waals surface area contributed by atoms with E-state index in [1.807, 2.05) is 0 Å². The summed E-state index contributed by atoms with van der Waals surface area (Å²) in [6.45, 7) is -0.583. The first kappa shape index (κ1) is 19.9. The Hall–Kier alpha value is -3.89. The topological polar surface area (TPSA) is 95.3 Å². The maximum atomic E-state index is 12.1. The number of anilines is 1. The summed E-state index contributed by atoms with van der Waals surface area (Å²) in [7, 11) is 0. The quantitative estimate of drug-likeness (QED) is 0.633. The Bertz CT molecular complexity index is 972. The van der Waals surface area contributed by atoms with Crippen molar-refractivity contribution in [3.05, 3.63) is 66.6 Å². The Balaban J connectivity index is 1.49. The number of pyridine rings is 1. The minimum absolute atomic E-state index is 0.141. The van der Waals surface area contributed by atoms with Crippen molar-refractivity contribution in [1.29, 1.82) is 0 Å². The lowest BCUT2D eigenvalue weighted by Crippen LogP contribution is -2.21. The van der Waals surface area contributed by atoms with Gasteiger partial charge in [-0.05, 0) is 42.5 Å². The molecule has 2 heterocycles. The summed E-state index contributed by atoms with van der Waals surface area (Å²) < 4.78 is 46.5. The van der Waals surface area contributed by atoms with Crippen molar-refractivity contribution >= 4 is 17.6 Å². The number of nitrogens with one attached hydrogen (secondary N) is 1. The van der Waals surface area contributed by atoms with Crippen LogP contribution in [-0.2, 0) is 9.53 Å². The van der Waals surface area contributed by atoms with Gasteiger partial charge in [0.15, 0.2) is 12.4 Å². The molecule has 1 aromatic carbocycles. The summed E-state index contributed by atoms with van der Waals surface area (Å²) in [5.74, 6) is -1.34. The number of rotatable bonds is 6. The van der Waals surface area contributed by atoms with Gasteiger partial charge in [-0.25, -0.2) is 14.5 Å². The van der Waals surface area contributed by atoms with E-state index in [1.165, 1.54) is 29.1 Å². The number of hydrogen-bond donors (Lipinski definition) is 1. The number of carbonyl (C=O) groups is 2. The Morgan fingerprint density at radius 2 is 1.86 bits per heavy atom. The van der Waals surface area contributed by atoms with Crippen LogP contribution in [0.5, 0.6) is 5.75 Å². The van der Waals surface area contributed by atoms with Crippen LogP contribution in [0.3, 0.4) is 0 Å². The van der Waals surface area contributed by atoms with E-state index >= 15 is 0 Å². The number of benzene rings is 1. The standard InChI is InChI=1S/C18H13F3N4O4/c19-18(20,21)29-14-5-3-13(4-6-14)24-16(26)11-28-17(27)12-2-7-15(22-10-12)25-9-1-8-23-25/h1-10H,11H2,(H,24,26). The molecule has 0 unspecified atom stereocenters. The van der Waals surface area contributed by atoms with Crippen molar-refractivity contribution in [3.8, 4) is 11.6 Å². The van der Waals surface area contributed by atoms with Gasteiger partial charge in [-0.1, -0.05) is 0 Å². The maximum Gasteiger partial charge on any atom is 0.573 e. The van der Waals surface area contributed by atoms with Gasteiger partial charge < -0.3 is 14.8 Å². The lowest BCUT2D eigenvalue weighted by Gasteiger charge is -2.10. The third-order valence-corrected chi connectivity index (χ3v) is 3.43. The molecule has 29 heavy (non-hydrogen) atoms. The van der Waals surface area contributed by atoms with Gasteiger partial charge in [-0.15, -0.1) is 13.2 Å². The third-order valence-electron chi connectivity index (χ3n) is 3.43. The highest BCUT2D eigenvalue weighted by Crippen LogP contribution is 2.23. The average molecular weight is 406 g/mol. The van der Waals surface area contributed by atoms with Gasteiger partial charge in [-0.2, -0.15) is 5.10 Å². The number of nitrogens with zero attached hydrogens (tertiary/aromatic N) is 3. The summed E-state index contributed by atoms with van der Waals surface area (Å²) in [4.78, 5) is 27.9. The molecule has 0 spiro atoms. The molecule has 0 radical (unpaired) electrons. The predicted octanol–water partition coefficient (Wildman–Crippen LogP) is 2.96. The number of halogens is 3. The number of carbonyl (C=O) groups excluding carboxylic acids is 2. The molecule has 11 heteroatoms. The second-order valence-corrected chi connectivity index (χ2v) is 5.55. The van der Waals surface area contributed by atoms with Crippen LogP contribution >= 0.6 is 0 Å². The molecule has 2 aromatic heterocycles. The van der Waals surface area contributed by atoms with Crippen LogP contribution in [0.1, 0.15) is 10.4 Å². The number of amides is 1. The van der Waals surface area contributed by atoms with Gasteiger partial charge in [0.1, 0.15) is 5.75 Å². The van der Waals surface area contributed by atoms with Crippen molar-refractivity contribution in [2.75, 3.05) is 11.9 Å². The molecule has 0 saturated heterocycles. The Morgan fingerprint density at radius 1 is 1.10 bits per heavy atom. The van der Waals surface area contributed by atoms with Gasteiger partial charge in [-0.3, -0.25) is 4.79 Å². The van der Waals surface area contributed by atoms with E-state index in [2.05, 4.69) is 20.1 Å². The van der Waals surface area contributed by atoms with Crippen LogP contribution in [0.4, 0.5) is 18.9 Å². The van der Waals surface area contributed by atoms with Crippen LogP contribution in [0, 0.1) is 0 Å². The molecule has 0 atom stereocenters. The lowest BCUT2D eigenvalue weighted by molar-refractivity contribution is -0.274. The van der Waals surface area contributed by atoms with Crippen LogP contribution in [0.25, 0.3) is 5.82 Å². The molecule has 3 rings (SSSR count). The van der Waals surface area contributed by atoms with Gasteiger partial charge in [0.05, 0.1) is 5.56 Å². The molecule has 0 aliphatic rings. The second-order valence-electron chi connectivity index (χ2n) is 5.55. The van der Waals surface area contributed by atoms with Gasteiger partial charge in [0, 0.05) is 24.3 Å². The SMILES string of the molecule is O=C(COC(=O)c1ccc(-n2cccn2)nc1)Nc1ccc(OC(F)(F)F)cc1. The minimum atomic E-state index is -4.80. The molecular weight excluding hydrogens is 393 g/mol. The Labute approximate surface area is 161 Å². The average Bonchev–Trinajstić information content (AvgIpc) is 3.21. The number of hydrogen-bond acceptors (Lipinski definition) is 6. The van der Waals surface area contributed by atoms with E-state index in [9.17, 15) is 22.8 Å². The Kier molecular flexibility index (Phi) is 5.77. The molecule has 0 saturated carbocycles. The van der Waals surface area contributed by atoms with E-state index in [-0.39, 0.29) is 11.3 Å². The third kappa shape index (κ3) is 5.79. The Morgan fingerprint density at radius 3 is 2.45 bits per heavy atom. The normalized spacial score (nSPS) is 11.0. The highest BCUT2D eigenvalue weighted by molar-refractivity contribution is 5.95. The molecule has 0 aliphatic carbocycles. The van der Waals surface area contributed by atoms with E-state index in [1.54, 1.807) is 24.5 Å². The van der Waals surface area contributed by atoms with Crippen molar-refractivity contribution in [2.24, 2.45) is 0 Å². The van der Waals surface area contributed by atoms with E-state index in [0.717, 1.165) is 12.1 Å². The fourth-order valence-electron chi connectivity index (χ4n) is 2.20. The number of ether oxygens (including phenoxy) is 2. The van der Waals surface area contributed by atoms with Crippen molar-refractivity contribution in [3.63, 3.8) is 0 Å². The van der Waals surface area contributed by atoms with Gasteiger partial charge in [0.25, 0.3) is 5.91 Å². The van der Waals surface area contributed by atoms with Gasteiger partial charge in [0.2, 0.25) is 0 Å². The van der Waals surface area contributed by atoms with Crippen LogP contribution in [-0.4, -0.2) is 39.6 Å². The number of esters is 1. The van der Waals surface area contributed by atoms with E-state index in [4.69, 9.17) is 4.74 Å². The number of aromatic nitrogens is 3. The molecule has 1 amide bonds. The van der Waals surface area contributed by atoms with Crippen LogP contribution in [0.2, 0.25) is 0 Å². The maximum absolute atomic E-state index is 12.1. The molecule has 1 N–H and O–H groups in total. The molecule has 0 bridgehead atoms. The molecule has 150 valence electrons. The molecule has 0 fully saturated rings. The molecule has 3 aromatic rings. The lowest BCUT2D eigenvalue weighted by atomic mass is 10.3. The summed E-state index contributed by atoms with van der Waals surface area (Å²) >= 11 is 0. The highest BCUT2D eigenvalue weighted by Gasteiger charge is 2.30. The highest BCUT2D eigenvalue weighted by atomic mass is 19.4. The minimum Gasteiger partial charge on any atom is -0.452 e. The fraction of sp³-hybridized carbons (Fsp3) is 0.111. The second kappa shape index (κ2) is 8.42. The van der Waals surface area contributed by atoms with Crippen molar-refractivity contribution < 1.29 is 32.2 Å². The summed E-state index contributed by atoms with van der Waals surface area (Å²) in [5.41, 5.74) is 0.355. The van der Waals surface area contributed by atoms with Crippen molar-refractivity contribution in [2.45, 2.75) is 6.36 Å². The molecule has 8 nitrogen and oxygen atoms in total. The van der Waals surface area contributed by atoms with Crippen LogP contribution < -0.4 is 10.1 Å².